The van der Waals surface area contributed by atoms with Crippen molar-refractivity contribution in [3.05, 3.63) is 66.0 Å². The summed E-state index contributed by atoms with van der Waals surface area (Å²) >= 11 is 0. The number of benzene rings is 1. The summed E-state index contributed by atoms with van der Waals surface area (Å²) in [5.74, 6) is 0.662. The number of hydrogen-bond donors (Lipinski definition) is 1. The van der Waals surface area contributed by atoms with Gasteiger partial charge in [-0.15, -0.1) is 0 Å². The van der Waals surface area contributed by atoms with Crippen LogP contribution in [0.5, 0.6) is 0 Å². The normalized spacial score (nSPS) is 14.1. The Morgan fingerprint density at radius 3 is 2.83 bits per heavy atom. The Bertz CT molecular complexity index is 1230. The van der Waals surface area contributed by atoms with Crippen molar-refractivity contribution >= 4 is 17.4 Å². The van der Waals surface area contributed by atoms with Gasteiger partial charge in [-0.25, -0.2) is 19.3 Å². The molecule has 7 nitrogen and oxygen atoms in total. The summed E-state index contributed by atoms with van der Waals surface area (Å²) in [7, 11) is 0. The molecule has 29 heavy (non-hydrogen) atoms. The SMILES string of the molecule is Cc1ncc(C(=O)Nc2ccc(F)c(-c3cn4cc(C5CCC5)cnc4n3)c2)o1. The number of fused-ring (bicyclic) bond motifs is 1. The molecule has 146 valence electrons. The second-order valence-electron chi connectivity index (χ2n) is 7.24. The number of carbonyl (C=O) groups excluding carboxylic acids is 1. The molecule has 1 N–H and O–H groups in total. The van der Waals surface area contributed by atoms with Crippen molar-refractivity contribution in [3.63, 3.8) is 0 Å². The van der Waals surface area contributed by atoms with E-state index in [4.69, 9.17) is 4.42 Å². The summed E-state index contributed by atoms with van der Waals surface area (Å²) in [5, 5.41) is 2.69. The first-order valence-electron chi connectivity index (χ1n) is 9.45. The van der Waals surface area contributed by atoms with Gasteiger partial charge in [0.25, 0.3) is 5.91 Å². The molecule has 5 rings (SSSR count). The van der Waals surface area contributed by atoms with Gasteiger partial charge in [0.1, 0.15) is 5.82 Å². The van der Waals surface area contributed by atoms with Crippen molar-refractivity contribution in [3.8, 4) is 11.3 Å². The monoisotopic (exact) mass is 391 g/mol. The lowest BCUT2D eigenvalue weighted by molar-refractivity contribution is 0.0995. The molecule has 0 radical (unpaired) electrons. The second kappa shape index (κ2) is 6.80. The molecular formula is C21H18FN5O2. The fraction of sp³-hybridized carbons (Fsp3) is 0.238. The van der Waals surface area contributed by atoms with Crippen LogP contribution in [0.3, 0.4) is 0 Å². The van der Waals surface area contributed by atoms with Gasteiger partial charge in [-0.2, -0.15) is 0 Å². The van der Waals surface area contributed by atoms with Crippen molar-refractivity contribution in [2.75, 3.05) is 5.32 Å². The molecule has 4 aromatic rings. The maximum atomic E-state index is 14.5. The molecule has 0 unspecified atom stereocenters. The fourth-order valence-corrected chi connectivity index (χ4v) is 3.44. The molecule has 8 heteroatoms. The summed E-state index contributed by atoms with van der Waals surface area (Å²) < 4.78 is 21.6. The Labute approximate surface area is 165 Å². The highest BCUT2D eigenvalue weighted by atomic mass is 19.1. The van der Waals surface area contributed by atoms with E-state index < -0.39 is 11.7 Å². The van der Waals surface area contributed by atoms with Crippen molar-refractivity contribution < 1.29 is 13.6 Å². The van der Waals surface area contributed by atoms with Crippen LogP contribution in [0.4, 0.5) is 10.1 Å². The molecule has 1 fully saturated rings. The Hall–Kier alpha value is -3.55. The molecule has 0 aliphatic heterocycles. The Balaban J connectivity index is 1.45. The standard InChI is InChI=1S/C21H18FN5O2/c1-12-23-9-19(29-12)20(28)25-15-5-6-17(22)16(7-15)18-11-27-10-14(13-3-2-4-13)8-24-21(27)26-18/h5-11,13H,2-4H2,1H3,(H,25,28). The van der Waals surface area contributed by atoms with Gasteiger partial charge in [0.15, 0.2) is 5.89 Å². The van der Waals surface area contributed by atoms with Crippen LogP contribution >= 0.6 is 0 Å². The second-order valence-corrected chi connectivity index (χ2v) is 7.24. The van der Waals surface area contributed by atoms with Crippen LogP contribution in [-0.2, 0) is 0 Å². The molecule has 0 atom stereocenters. The van der Waals surface area contributed by atoms with Crippen LogP contribution < -0.4 is 5.32 Å². The number of nitrogens with one attached hydrogen (secondary N) is 1. The maximum absolute atomic E-state index is 14.5. The van der Waals surface area contributed by atoms with E-state index in [1.807, 2.05) is 16.8 Å². The summed E-state index contributed by atoms with van der Waals surface area (Å²) in [4.78, 5) is 25.0. The van der Waals surface area contributed by atoms with Crippen molar-refractivity contribution in [2.45, 2.75) is 32.1 Å². The van der Waals surface area contributed by atoms with Crippen LogP contribution in [0, 0.1) is 12.7 Å². The predicted molar refractivity (Wildman–Crippen MR) is 104 cm³/mol. The highest BCUT2D eigenvalue weighted by Crippen LogP contribution is 2.36. The zero-order chi connectivity index (χ0) is 20.0. The number of nitrogens with zero attached hydrogens (tertiary/aromatic N) is 4. The van der Waals surface area contributed by atoms with E-state index in [0.717, 1.165) is 0 Å². The number of aromatic nitrogens is 4. The molecule has 1 saturated carbocycles. The number of oxazole rings is 1. The minimum atomic E-state index is -0.454. The van der Waals surface area contributed by atoms with Gasteiger partial charge in [0.05, 0.1) is 11.9 Å². The minimum Gasteiger partial charge on any atom is -0.436 e. The summed E-state index contributed by atoms with van der Waals surface area (Å²) in [6.45, 7) is 1.65. The zero-order valence-corrected chi connectivity index (χ0v) is 15.7. The molecule has 0 saturated heterocycles. The van der Waals surface area contributed by atoms with E-state index in [9.17, 15) is 9.18 Å². The van der Waals surface area contributed by atoms with Gasteiger partial charge in [-0.1, -0.05) is 6.42 Å². The third-order valence-electron chi connectivity index (χ3n) is 5.25. The van der Waals surface area contributed by atoms with E-state index in [-0.39, 0.29) is 11.3 Å². The Morgan fingerprint density at radius 2 is 2.10 bits per heavy atom. The summed E-state index contributed by atoms with van der Waals surface area (Å²) in [6.07, 6.45) is 10.6. The van der Waals surface area contributed by atoms with E-state index in [1.54, 1.807) is 19.2 Å². The van der Waals surface area contributed by atoms with E-state index in [0.29, 0.717) is 29.0 Å². The van der Waals surface area contributed by atoms with Gasteiger partial charge < -0.3 is 9.73 Å². The number of carbonyl (C=O) groups is 1. The zero-order valence-electron chi connectivity index (χ0n) is 15.7. The Morgan fingerprint density at radius 1 is 1.24 bits per heavy atom. The Kier molecular flexibility index (Phi) is 4.12. The number of hydrogen-bond acceptors (Lipinski definition) is 5. The molecule has 3 heterocycles. The lowest BCUT2D eigenvalue weighted by Crippen LogP contribution is -2.11. The smallest absolute Gasteiger partial charge is 0.293 e. The average molecular weight is 391 g/mol. The quantitative estimate of drug-likeness (QED) is 0.559. The number of halogens is 1. The van der Waals surface area contributed by atoms with Gasteiger partial charge >= 0.3 is 0 Å². The number of aryl methyl sites for hydroxylation is 1. The fourth-order valence-electron chi connectivity index (χ4n) is 3.44. The van der Waals surface area contributed by atoms with Gasteiger partial charge in [0, 0.05) is 36.8 Å². The van der Waals surface area contributed by atoms with Crippen LogP contribution in [-0.4, -0.2) is 25.3 Å². The third-order valence-corrected chi connectivity index (χ3v) is 5.25. The molecule has 1 amide bonds. The van der Waals surface area contributed by atoms with Crippen LogP contribution in [0.1, 0.15) is 47.2 Å². The molecular weight excluding hydrogens is 373 g/mol. The topological polar surface area (TPSA) is 85.3 Å². The maximum Gasteiger partial charge on any atom is 0.293 e. The van der Waals surface area contributed by atoms with E-state index in [2.05, 4.69) is 20.3 Å². The largest absolute Gasteiger partial charge is 0.436 e. The molecule has 3 aromatic heterocycles. The first-order valence-corrected chi connectivity index (χ1v) is 9.45. The lowest BCUT2D eigenvalue weighted by Gasteiger charge is -2.25. The minimum absolute atomic E-state index is 0.0915. The van der Waals surface area contributed by atoms with Crippen LogP contribution in [0.2, 0.25) is 0 Å². The molecule has 1 aromatic carbocycles. The van der Waals surface area contributed by atoms with Crippen molar-refractivity contribution in [2.24, 2.45) is 0 Å². The highest BCUT2D eigenvalue weighted by molar-refractivity contribution is 6.02. The molecule has 1 aliphatic rings. The lowest BCUT2D eigenvalue weighted by atomic mass is 9.81. The van der Waals surface area contributed by atoms with Gasteiger partial charge in [-0.05, 0) is 42.5 Å². The third kappa shape index (κ3) is 3.26. The average Bonchev–Trinajstić information content (AvgIpc) is 3.27. The summed E-state index contributed by atoms with van der Waals surface area (Å²) in [6, 6.07) is 4.33. The van der Waals surface area contributed by atoms with Crippen LogP contribution in [0.25, 0.3) is 17.0 Å². The number of imidazole rings is 1. The molecule has 0 spiro atoms. The van der Waals surface area contributed by atoms with E-state index >= 15 is 0 Å². The number of amides is 1. The molecule has 0 bridgehead atoms. The first kappa shape index (κ1) is 17.5. The molecule has 1 aliphatic carbocycles. The number of rotatable bonds is 4. The van der Waals surface area contributed by atoms with Crippen molar-refractivity contribution in [1.29, 1.82) is 0 Å². The first-order chi connectivity index (χ1) is 14.1. The summed E-state index contributed by atoms with van der Waals surface area (Å²) in [5.41, 5.74) is 2.34. The number of anilines is 1. The van der Waals surface area contributed by atoms with Crippen LogP contribution in [0.15, 0.2) is 47.4 Å². The highest BCUT2D eigenvalue weighted by Gasteiger charge is 2.21. The van der Waals surface area contributed by atoms with E-state index in [1.165, 1.54) is 43.2 Å². The van der Waals surface area contributed by atoms with Crippen molar-refractivity contribution in [1.82, 2.24) is 19.4 Å². The van der Waals surface area contributed by atoms with Gasteiger partial charge in [-0.3, -0.25) is 9.20 Å². The predicted octanol–water partition coefficient (Wildman–Crippen LogP) is 4.35. The van der Waals surface area contributed by atoms with Gasteiger partial charge in [0.2, 0.25) is 11.5 Å².